The fraction of sp³-hybridized carbons (Fsp3) is 0.526. The van der Waals surface area contributed by atoms with Gasteiger partial charge < -0.3 is 14.0 Å². The minimum atomic E-state index is -4.42. The van der Waals surface area contributed by atoms with Gasteiger partial charge in [0.1, 0.15) is 18.2 Å². The highest BCUT2D eigenvalue weighted by molar-refractivity contribution is 5.72. The van der Waals surface area contributed by atoms with Crippen molar-refractivity contribution in [2.24, 2.45) is 13.0 Å². The highest BCUT2D eigenvalue weighted by Gasteiger charge is 2.31. The summed E-state index contributed by atoms with van der Waals surface area (Å²) in [6.45, 7) is 0.0162. The van der Waals surface area contributed by atoms with Gasteiger partial charge in [-0.15, -0.1) is 10.2 Å². The number of carbonyl (C=O) groups excluding carboxylic acids is 1. The molecule has 0 aliphatic heterocycles. The van der Waals surface area contributed by atoms with Crippen LogP contribution in [0.15, 0.2) is 24.3 Å². The van der Waals surface area contributed by atoms with Crippen molar-refractivity contribution in [1.29, 1.82) is 0 Å². The zero-order valence-corrected chi connectivity index (χ0v) is 15.7. The predicted molar refractivity (Wildman–Crippen MR) is 93.5 cm³/mol. The van der Waals surface area contributed by atoms with Crippen molar-refractivity contribution in [3.05, 3.63) is 41.5 Å². The molecule has 0 spiro atoms. The summed E-state index contributed by atoms with van der Waals surface area (Å²) in [5, 5.41) is 8.36. The smallest absolute Gasteiger partial charge is 0.416 e. The zero-order chi connectivity index (χ0) is 20.3. The molecule has 0 atom stereocenters. The lowest BCUT2D eigenvalue weighted by molar-refractivity contribution is -0.146. The summed E-state index contributed by atoms with van der Waals surface area (Å²) in [6.07, 6.45) is -1.33. The van der Waals surface area contributed by atoms with E-state index in [0.717, 1.165) is 43.6 Å². The van der Waals surface area contributed by atoms with E-state index in [1.165, 1.54) is 19.2 Å². The highest BCUT2D eigenvalue weighted by atomic mass is 19.4. The average Bonchev–Trinajstić information content (AvgIpc) is 3.06. The van der Waals surface area contributed by atoms with E-state index in [1.54, 1.807) is 0 Å². The van der Waals surface area contributed by atoms with Crippen LogP contribution < -0.4 is 4.74 Å². The molecule has 9 heteroatoms. The topological polar surface area (TPSA) is 66.2 Å². The van der Waals surface area contributed by atoms with E-state index in [9.17, 15) is 18.0 Å². The van der Waals surface area contributed by atoms with Crippen LogP contribution in [-0.2, 0) is 29.4 Å². The van der Waals surface area contributed by atoms with Crippen molar-refractivity contribution in [1.82, 2.24) is 14.8 Å². The molecule has 6 nitrogen and oxygen atoms in total. The third kappa shape index (κ3) is 4.45. The molecular weight excluding hydrogens is 375 g/mol. The van der Waals surface area contributed by atoms with Crippen LogP contribution in [0.25, 0.3) is 0 Å². The van der Waals surface area contributed by atoms with Gasteiger partial charge in [-0.3, -0.25) is 4.79 Å². The second-order valence-electron chi connectivity index (χ2n) is 6.92. The minimum absolute atomic E-state index is 0.0162. The third-order valence-electron chi connectivity index (χ3n) is 5.15. The van der Waals surface area contributed by atoms with E-state index in [2.05, 4.69) is 10.2 Å². The molecule has 0 radical (unpaired) electrons. The average molecular weight is 397 g/mol. The van der Waals surface area contributed by atoms with Crippen LogP contribution in [0.4, 0.5) is 13.2 Å². The molecule has 28 heavy (non-hydrogen) atoms. The molecule has 1 fully saturated rings. The zero-order valence-electron chi connectivity index (χ0n) is 15.7. The first-order valence-electron chi connectivity index (χ1n) is 9.05. The molecule has 3 rings (SSSR count). The SMILES string of the molecule is COC(=O)C1CCC(c2nnc(COc3cccc(C(F)(F)F)c3)n2C)CC1. The Morgan fingerprint density at radius 1 is 1.21 bits per heavy atom. The number of alkyl halides is 3. The number of aromatic nitrogens is 3. The van der Waals surface area contributed by atoms with Crippen LogP contribution >= 0.6 is 0 Å². The fourth-order valence-electron chi connectivity index (χ4n) is 3.52. The molecule has 1 saturated carbocycles. The van der Waals surface area contributed by atoms with Crippen molar-refractivity contribution in [3.8, 4) is 5.75 Å². The van der Waals surface area contributed by atoms with Crippen LogP contribution in [0.5, 0.6) is 5.75 Å². The first-order valence-corrected chi connectivity index (χ1v) is 9.05. The molecule has 0 N–H and O–H groups in total. The number of hydrogen-bond acceptors (Lipinski definition) is 5. The van der Waals surface area contributed by atoms with Gasteiger partial charge in [-0.05, 0) is 43.9 Å². The molecule has 0 unspecified atom stereocenters. The Morgan fingerprint density at radius 2 is 1.93 bits per heavy atom. The lowest BCUT2D eigenvalue weighted by Gasteiger charge is -2.26. The lowest BCUT2D eigenvalue weighted by Crippen LogP contribution is -2.23. The van der Waals surface area contributed by atoms with E-state index < -0.39 is 11.7 Å². The first kappa shape index (κ1) is 20.2. The van der Waals surface area contributed by atoms with Gasteiger partial charge >= 0.3 is 12.1 Å². The second-order valence-corrected chi connectivity index (χ2v) is 6.92. The molecule has 0 amide bonds. The van der Waals surface area contributed by atoms with E-state index in [-0.39, 0.29) is 30.2 Å². The molecule has 1 aliphatic carbocycles. The number of hydrogen-bond donors (Lipinski definition) is 0. The molecule has 1 aliphatic rings. The van der Waals surface area contributed by atoms with Gasteiger partial charge in [0, 0.05) is 13.0 Å². The molecule has 0 bridgehead atoms. The standard InChI is InChI=1S/C19H22F3N3O3/c1-25-16(11-28-15-5-3-4-14(10-15)19(20,21)22)23-24-17(25)12-6-8-13(9-7-12)18(26)27-2/h3-5,10,12-13H,6-9,11H2,1-2H3. The van der Waals surface area contributed by atoms with E-state index >= 15 is 0 Å². The van der Waals surface area contributed by atoms with Crippen molar-refractivity contribution in [2.45, 2.75) is 44.4 Å². The van der Waals surface area contributed by atoms with Crippen LogP contribution in [0.1, 0.15) is 48.8 Å². The Balaban J connectivity index is 1.62. The third-order valence-corrected chi connectivity index (χ3v) is 5.15. The molecule has 1 aromatic carbocycles. The highest BCUT2D eigenvalue weighted by Crippen LogP contribution is 2.35. The summed E-state index contributed by atoms with van der Waals surface area (Å²) in [6, 6.07) is 4.74. The van der Waals surface area contributed by atoms with Crippen molar-refractivity contribution in [2.75, 3.05) is 7.11 Å². The minimum Gasteiger partial charge on any atom is -0.486 e. The Kier molecular flexibility index (Phi) is 5.90. The van der Waals surface area contributed by atoms with Crippen molar-refractivity contribution < 1.29 is 27.4 Å². The molecule has 1 aromatic heterocycles. The van der Waals surface area contributed by atoms with Gasteiger partial charge in [0.2, 0.25) is 0 Å². The predicted octanol–water partition coefficient (Wildman–Crippen LogP) is 3.86. The van der Waals surface area contributed by atoms with Gasteiger partial charge in [-0.25, -0.2) is 0 Å². The number of ether oxygens (including phenoxy) is 2. The van der Waals surface area contributed by atoms with Crippen molar-refractivity contribution in [3.63, 3.8) is 0 Å². The summed E-state index contributed by atoms with van der Waals surface area (Å²) in [5.41, 5.74) is -0.758. The van der Waals surface area contributed by atoms with Gasteiger partial charge in [0.15, 0.2) is 5.82 Å². The summed E-state index contributed by atoms with van der Waals surface area (Å²) in [5.74, 6) is 1.39. The maximum absolute atomic E-state index is 12.8. The molecule has 2 aromatic rings. The second kappa shape index (κ2) is 8.20. The normalized spacial score (nSPS) is 20.0. The fourth-order valence-corrected chi connectivity index (χ4v) is 3.52. The number of carbonyl (C=O) groups is 1. The first-order chi connectivity index (χ1) is 13.3. The van der Waals surface area contributed by atoms with Gasteiger partial charge in [0.05, 0.1) is 18.6 Å². The number of benzene rings is 1. The number of rotatable bonds is 5. The number of halogens is 3. The number of esters is 1. The van der Waals surface area contributed by atoms with Crippen LogP contribution in [0.3, 0.4) is 0 Å². The monoisotopic (exact) mass is 397 g/mol. The number of methoxy groups -OCH3 is 1. The summed E-state index contributed by atoms with van der Waals surface area (Å²) < 4.78 is 50.5. The molecule has 1 heterocycles. The lowest BCUT2D eigenvalue weighted by atomic mass is 9.81. The summed E-state index contributed by atoms with van der Waals surface area (Å²) in [7, 11) is 3.21. The Hall–Kier alpha value is -2.58. The molecule has 152 valence electrons. The van der Waals surface area contributed by atoms with Crippen LogP contribution in [0.2, 0.25) is 0 Å². The van der Waals surface area contributed by atoms with Gasteiger partial charge in [-0.2, -0.15) is 13.2 Å². The molecular formula is C19H22F3N3O3. The Labute approximate surface area is 160 Å². The van der Waals surface area contributed by atoms with Gasteiger partial charge in [-0.1, -0.05) is 6.07 Å². The van der Waals surface area contributed by atoms with Crippen LogP contribution in [-0.4, -0.2) is 27.8 Å². The maximum Gasteiger partial charge on any atom is 0.416 e. The van der Waals surface area contributed by atoms with Crippen molar-refractivity contribution >= 4 is 5.97 Å². The Morgan fingerprint density at radius 3 is 2.57 bits per heavy atom. The van der Waals surface area contributed by atoms with E-state index in [1.807, 2.05) is 11.6 Å². The quantitative estimate of drug-likeness (QED) is 0.717. The maximum atomic E-state index is 12.8. The molecule has 0 saturated heterocycles. The number of nitrogens with zero attached hydrogens (tertiary/aromatic N) is 3. The van der Waals surface area contributed by atoms with E-state index in [0.29, 0.717) is 5.82 Å². The largest absolute Gasteiger partial charge is 0.486 e. The summed E-state index contributed by atoms with van der Waals surface area (Å²) in [4.78, 5) is 11.6. The van der Waals surface area contributed by atoms with Crippen LogP contribution in [0, 0.1) is 5.92 Å². The van der Waals surface area contributed by atoms with E-state index in [4.69, 9.17) is 9.47 Å². The van der Waals surface area contributed by atoms with Gasteiger partial charge in [0.25, 0.3) is 0 Å². The Bertz CT molecular complexity index is 827. The summed E-state index contributed by atoms with van der Waals surface area (Å²) >= 11 is 0.